The van der Waals surface area contributed by atoms with Crippen LogP contribution in [0, 0.1) is 6.92 Å². The number of Topliss-reactive ketones (excluding diaryl/α,β-unsaturated/α-hetero) is 1. The SMILES string of the molecule is CCOC(=O)/C(=C\c1cncc(C)c1)C(=O)c1ccccc1. The summed E-state index contributed by atoms with van der Waals surface area (Å²) in [5.41, 5.74) is 2.08. The highest BCUT2D eigenvalue weighted by atomic mass is 16.5. The molecule has 2 aromatic rings. The fourth-order valence-electron chi connectivity index (χ4n) is 1.99. The van der Waals surface area contributed by atoms with Crippen LogP contribution in [0.4, 0.5) is 0 Å². The Hall–Kier alpha value is -2.75. The minimum absolute atomic E-state index is 0.000417. The van der Waals surface area contributed by atoms with Crippen LogP contribution in [0.3, 0.4) is 0 Å². The Labute approximate surface area is 129 Å². The van der Waals surface area contributed by atoms with Crippen molar-refractivity contribution in [2.45, 2.75) is 13.8 Å². The lowest BCUT2D eigenvalue weighted by Crippen LogP contribution is -2.16. The number of ether oxygens (including phenoxy) is 1. The zero-order valence-electron chi connectivity index (χ0n) is 12.6. The van der Waals surface area contributed by atoms with Gasteiger partial charge in [-0.2, -0.15) is 0 Å². The van der Waals surface area contributed by atoms with Crippen LogP contribution in [0.1, 0.15) is 28.4 Å². The van der Waals surface area contributed by atoms with E-state index in [1.807, 2.05) is 19.1 Å². The van der Waals surface area contributed by atoms with Crippen molar-refractivity contribution in [3.05, 3.63) is 71.1 Å². The van der Waals surface area contributed by atoms with Gasteiger partial charge in [-0.25, -0.2) is 4.79 Å². The third-order valence-electron chi connectivity index (χ3n) is 2.98. The van der Waals surface area contributed by atoms with E-state index in [2.05, 4.69) is 4.98 Å². The lowest BCUT2D eigenvalue weighted by Gasteiger charge is -2.07. The lowest BCUT2D eigenvalue weighted by molar-refractivity contribution is -0.137. The number of hydrogen-bond donors (Lipinski definition) is 0. The Morgan fingerprint density at radius 1 is 1.18 bits per heavy atom. The molecule has 0 saturated carbocycles. The van der Waals surface area contributed by atoms with Gasteiger partial charge in [0.25, 0.3) is 0 Å². The minimum atomic E-state index is -0.627. The van der Waals surface area contributed by atoms with Crippen molar-refractivity contribution in [1.29, 1.82) is 0 Å². The summed E-state index contributed by atoms with van der Waals surface area (Å²) < 4.78 is 5.00. The Balaban J connectivity index is 2.43. The van der Waals surface area contributed by atoms with Crippen LogP contribution in [-0.2, 0) is 9.53 Å². The highest BCUT2D eigenvalue weighted by Crippen LogP contribution is 2.15. The first-order valence-electron chi connectivity index (χ1n) is 7.02. The first kappa shape index (κ1) is 15.6. The highest BCUT2D eigenvalue weighted by molar-refractivity contribution is 6.26. The molecule has 112 valence electrons. The maximum absolute atomic E-state index is 12.6. The molecule has 1 aromatic heterocycles. The molecule has 0 unspecified atom stereocenters. The van der Waals surface area contributed by atoms with Crippen LogP contribution >= 0.6 is 0 Å². The van der Waals surface area contributed by atoms with Crippen molar-refractivity contribution < 1.29 is 14.3 Å². The van der Waals surface area contributed by atoms with Crippen molar-refractivity contribution in [3.63, 3.8) is 0 Å². The van der Waals surface area contributed by atoms with Gasteiger partial charge in [0.15, 0.2) is 5.78 Å². The second-order valence-corrected chi connectivity index (χ2v) is 4.77. The topological polar surface area (TPSA) is 56.3 Å². The molecule has 2 rings (SSSR count). The van der Waals surface area contributed by atoms with E-state index in [0.717, 1.165) is 5.56 Å². The summed E-state index contributed by atoms with van der Waals surface area (Å²) >= 11 is 0. The minimum Gasteiger partial charge on any atom is -0.462 e. The van der Waals surface area contributed by atoms with Gasteiger partial charge >= 0.3 is 5.97 Å². The number of carbonyl (C=O) groups excluding carboxylic acids is 2. The van der Waals surface area contributed by atoms with Crippen LogP contribution in [0.25, 0.3) is 6.08 Å². The quantitative estimate of drug-likeness (QED) is 0.279. The predicted octanol–water partition coefficient (Wildman–Crippen LogP) is 3.22. The maximum Gasteiger partial charge on any atom is 0.342 e. The molecule has 0 amide bonds. The molecule has 1 heterocycles. The van der Waals surface area contributed by atoms with Gasteiger partial charge in [-0.1, -0.05) is 30.3 Å². The number of rotatable bonds is 5. The normalized spacial score (nSPS) is 11.1. The standard InChI is InChI=1S/C18H17NO3/c1-3-22-18(21)16(10-14-9-13(2)11-19-12-14)17(20)15-7-5-4-6-8-15/h4-12H,3H2,1-2H3/b16-10-. The Morgan fingerprint density at radius 2 is 1.91 bits per heavy atom. The number of aryl methyl sites for hydroxylation is 1. The summed E-state index contributed by atoms with van der Waals surface area (Å²) in [7, 11) is 0. The largest absolute Gasteiger partial charge is 0.462 e. The molecule has 22 heavy (non-hydrogen) atoms. The molecule has 0 fully saturated rings. The van der Waals surface area contributed by atoms with E-state index in [0.29, 0.717) is 11.1 Å². The Morgan fingerprint density at radius 3 is 2.55 bits per heavy atom. The van der Waals surface area contributed by atoms with E-state index in [1.54, 1.807) is 43.6 Å². The van der Waals surface area contributed by atoms with Gasteiger partial charge in [0, 0.05) is 18.0 Å². The summed E-state index contributed by atoms with van der Waals surface area (Å²) in [6.45, 7) is 3.81. The number of benzene rings is 1. The van der Waals surface area contributed by atoms with Crippen molar-refractivity contribution >= 4 is 17.8 Å². The van der Waals surface area contributed by atoms with E-state index in [9.17, 15) is 9.59 Å². The Kier molecular flexibility index (Phi) is 5.20. The number of pyridine rings is 1. The molecule has 0 atom stereocenters. The molecule has 0 aliphatic heterocycles. The molecule has 0 aliphatic rings. The Bertz CT molecular complexity index is 705. The zero-order valence-corrected chi connectivity index (χ0v) is 12.6. The molecular formula is C18H17NO3. The monoisotopic (exact) mass is 295 g/mol. The van der Waals surface area contributed by atoms with Crippen molar-refractivity contribution in [2.75, 3.05) is 6.61 Å². The van der Waals surface area contributed by atoms with Gasteiger partial charge < -0.3 is 4.74 Å². The van der Waals surface area contributed by atoms with Crippen molar-refractivity contribution in [2.24, 2.45) is 0 Å². The summed E-state index contributed by atoms with van der Waals surface area (Å²) in [4.78, 5) is 28.7. The van der Waals surface area contributed by atoms with Gasteiger partial charge in [0.05, 0.1) is 6.61 Å². The smallest absolute Gasteiger partial charge is 0.342 e. The van der Waals surface area contributed by atoms with Gasteiger partial charge in [-0.15, -0.1) is 0 Å². The average Bonchev–Trinajstić information content (AvgIpc) is 2.53. The van der Waals surface area contributed by atoms with Crippen LogP contribution in [-0.4, -0.2) is 23.3 Å². The zero-order chi connectivity index (χ0) is 15.9. The number of aromatic nitrogens is 1. The molecule has 0 saturated heterocycles. The maximum atomic E-state index is 12.6. The van der Waals surface area contributed by atoms with Crippen LogP contribution in [0.2, 0.25) is 0 Å². The fraction of sp³-hybridized carbons (Fsp3) is 0.167. The molecule has 0 bridgehead atoms. The molecule has 4 nitrogen and oxygen atoms in total. The van der Waals surface area contributed by atoms with E-state index in [-0.39, 0.29) is 18.0 Å². The van der Waals surface area contributed by atoms with E-state index >= 15 is 0 Å². The molecule has 4 heteroatoms. The van der Waals surface area contributed by atoms with Gasteiger partial charge in [0.1, 0.15) is 5.57 Å². The second-order valence-electron chi connectivity index (χ2n) is 4.77. The van der Waals surface area contributed by atoms with Crippen LogP contribution in [0.15, 0.2) is 54.4 Å². The van der Waals surface area contributed by atoms with E-state index < -0.39 is 5.97 Å². The number of ketones is 1. The predicted molar refractivity (Wildman–Crippen MR) is 84.4 cm³/mol. The first-order chi connectivity index (χ1) is 10.6. The second kappa shape index (κ2) is 7.31. The molecule has 0 N–H and O–H groups in total. The molecule has 1 aromatic carbocycles. The van der Waals surface area contributed by atoms with E-state index in [4.69, 9.17) is 4.74 Å². The van der Waals surface area contributed by atoms with Gasteiger partial charge in [-0.3, -0.25) is 9.78 Å². The fourth-order valence-corrected chi connectivity index (χ4v) is 1.99. The third-order valence-corrected chi connectivity index (χ3v) is 2.98. The number of hydrogen-bond acceptors (Lipinski definition) is 4. The summed E-state index contributed by atoms with van der Waals surface area (Å²) in [6, 6.07) is 10.5. The summed E-state index contributed by atoms with van der Waals surface area (Å²) in [5.74, 6) is -0.988. The molecule has 0 spiro atoms. The lowest BCUT2D eigenvalue weighted by atomic mass is 10.0. The molecule has 0 radical (unpaired) electrons. The molecular weight excluding hydrogens is 278 g/mol. The average molecular weight is 295 g/mol. The van der Waals surface area contributed by atoms with Gasteiger partial charge in [0.2, 0.25) is 0 Å². The highest BCUT2D eigenvalue weighted by Gasteiger charge is 2.21. The first-order valence-corrected chi connectivity index (χ1v) is 7.02. The van der Waals surface area contributed by atoms with Gasteiger partial charge in [-0.05, 0) is 37.1 Å². The van der Waals surface area contributed by atoms with E-state index in [1.165, 1.54) is 6.08 Å². The number of carbonyl (C=O) groups is 2. The van der Waals surface area contributed by atoms with Crippen molar-refractivity contribution in [3.8, 4) is 0 Å². The van der Waals surface area contributed by atoms with Crippen LogP contribution in [0.5, 0.6) is 0 Å². The molecule has 0 aliphatic carbocycles. The number of nitrogens with zero attached hydrogens (tertiary/aromatic N) is 1. The number of esters is 1. The van der Waals surface area contributed by atoms with Crippen molar-refractivity contribution in [1.82, 2.24) is 4.98 Å². The summed E-state index contributed by atoms with van der Waals surface area (Å²) in [5, 5.41) is 0. The van der Waals surface area contributed by atoms with Crippen LogP contribution < -0.4 is 0 Å². The third kappa shape index (κ3) is 3.88. The summed E-state index contributed by atoms with van der Waals surface area (Å²) in [6.07, 6.45) is 4.83.